The van der Waals surface area contributed by atoms with Crippen LogP contribution in [-0.2, 0) is 0 Å². The Morgan fingerprint density at radius 1 is 1.40 bits per heavy atom. The molecular formula is C10H7NO4. The molecule has 2 N–H and O–H groups in total. The van der Waals surface area contributed by atoms with Crippen molar-refractivity contribution in [1.82, 2.24) is 4.98 Å². The lowest BCUT2D eigenvalue weighted by Crippen LogP contribution is -2.16. The molecule has 0 aliphatic rings. The van der Waals surface area contributed by atoms with Crippen molar-refractivity contribution in [2.75, 3.05) is 0 Å². The molecule has 0 saturated carbocycles. The van der Waals surface area contributed by atoms with Crippen molar-refractivity contribution in [3.63, 3.8) is 0 Å². The van der Waals surface area contributed by atoms with Gasteiger partial charge in [0.05, 0.1) is 11.8 Å². The third-order valence-corrected chi connectivity index (χ3v) is 1.96. The monoisotopic (exact) mass is 205 g/mol. The molecule has 0 amide bonds. The molecule has 0 spiro atoms. The van der Waals surface area contributed by atoms with Crippen molar-refractivity contribution in [1.29, 1.82) is 0 Å². The molecular weight excluding hydrogens is 198 g/mol. The summed E-state index contributed by atoms with van der Waals surface area (Å²) in [5.74, 6) is -0.913. The Morgan fingerprint density at radius 3 is 2.80 bits per heavy atom. The van der Waals surface area contributed by atoms with E-state index in [0.717, 1.165) is 6.20 Å². The molecule has 0 atom stereocenters. The van der Waals surface area contributed by atoms with E-state index in [1.165, 1.54) is 12.5 Å². The zero-order chi connectivity index (χ0) is 10.8. The molecule has 0 saturated heterocycles. The first kappa shape index (κ1) is 9.26. The van der Waals surface area contributed by atoms with Crippen molar-refractivity contribution in [2.45, 2.75) is 0 Å². The van der Waals surface area contributed by atoms with Crippen LogP contribution >= 0.6 is 0 Å². The molecule has 0 aliphatic heterocycles. The van der Waals surface area contributed by atoms with Gasteiger partial charge >= 0.3 is 5.97 Å². The number of furan rings is 1. The Balaban J connectivity index is 2.65. The molecule has 76 valence electrons. The SMILES string of the molecule is O=C(O)c1c[nH]cc(-c2ccco2)c1=O. The van der Waals surface area contributed by atoms with Crippen molar-refractivity contribution >= 4 is 5.97 Å². The largest absolute Gasteiger partial charge is 0.477 e. The zero-order valence-corrected chi connectivity index (χ0v) is 7.56. The topological polar surface area (TPSA) is 83.3 Å². The lowest BCUT2D eigenvalue weighted by Gasteiger charge is -1.97. The number of hydrogen-bond acceptors (Lipinski definition) is 3. The number of hydrogen-bond donors (Lipinski definition) is 2. The maximum Gasteiger partial charge on any atom is 0.341 e. The minimum absolute atomic E-state index is 0.208. The summed E-state index contributed by atoms with van der Waals surface area (Å²) in [5, 5.41) is 8.74. The summed E-state index contributed by atoms with van der Waals surface area (Å²) in [4.78, 5) is 24.9. The van der Waals surface area contributed by atoms with E-state index in [4.69, 9.17) is 9.52 Å². The van der Waals surface area contributed by atoms with Crippen LogP contribution in [0.4, 0.5) is 0 Å². The first-order chi connectivity index (χ1) is 7.20. The van der Waals surface area contributed by atoms with Gasteiger partial charge in [0.25, 0.3) is 0 Å². The molecule has 2 aromatic rings. The predicted octanol–water partition coefficient (Wildman–Crippen LogP) is 1.33. The highest BCUT2D eigenvalue weighted by Gasteiger charge is 2.13. The number of H-pyrrole nitrogens is 1. The van der Waals surface area contributed by atoms with Gasteiger partial charge in [-0.1, -0.05) is 0 Å². The highest BCUT2D eigenvalue weighted by atomic mass is 16.4. The van der Waals surface area contributed by atoms with E-state index in [1.54, 1.807) is 12.1 Å². The Hall–Kier alpha value is -2.30. The minimum Gasteiger partial charge on any atom is -0.477 e. The second-order valence-electron chi connectivity index (χ2n) is 2.89. The van der Waals surface area contributed by atoms with Gasteiger partial charge in [-0.15, -0.1) is 0 Å². The molecule has 0 unspecified atom stereocenters. The molecule has 2 aromatic heterocycles. The lowest BCUT2D eigenvalue weighted by atomic mass is 10.1. The third-order valence-electron chi connectivity index (χ3n) is 1.96. The molecule has 2 heterocycles. The van der Waals surface area contributed by atoms with Gasteiger partial charge in [-0.25, -0.2) is 4.79 Å². The number of aromatic amines is 1. The summed E-state index contributed by atoms with van der Waals surface area (Å²) in [6, 6.07) is 3.22. The van der Waals surface area contributed by atoms with Crippen LogP contribution in [0.3, 0.4) is 0 Å². The number of aromatic carboxylic acids is 1. The Kier molecular flexibility index (Phi) is 2.13. The van der Waals surface area contributed by atoms with Crippen molar-refractivity contribution < 1.29 is 14.3 Å². The molecule has 0 aromatic carbocycles. The maximum atomic E-state index is 11.6. The van der Waals surface area contributed by atoms with Gasteiger partial charge in [-0.2, -0.15) is 0 Å². The summed E-state index contributed by atoms with van der Waals surface area (Å²) >= 11 is 0. The fourth-order valence-electron chi connectivity index (χ4n) is 1.26. The number of carboxylic acids is 1. The van der Waals surface area contributed by atoms with E-state index < -0.39 is 11.4 Å². The molecule has 5 heteroatoms. The second-order valence-corrected chi connectivity index (χ2v) is 2.89. The van der Waals surface area contributed by atoms with Crippen LogP contribution in [0.15, 0.2) is 40.0 Å². The number of nitrogens with one attached hydrogen (secondary N) is 1. The van der Waals surface area contributed by atoms with Gasteiger partial charge in [0.1, 0.15) is 11.3 Å². The average Bonchev–Trinajstić information content (AvgIpc) is 2.70. The van der Waals surface area contributed by atoms with Crippen LogP contribution in [0.1, 0.15) is 10.4 Å². The lowest BCUT2D eigenvalue weighted by molar-refractivity contribution is 0.0695. The summed E-state index contributed by atoms with van der Waals surface area (Å²) in [6.45, 7) is 0. The normalized spacial score (nSPS) is 10.1. The van der Waals surface area contributed by atoms with Crippen LogP contribution in [0.25, 0.3) is 11.3 Å². The van der Waals surface area contributed by atoms with Crippen LogP contribution in [0.5, 0.6) is 0 Å². The standard InChI is InChI=1S/C10H7NO4/c12-9-6(8-2-1-3-15-8)4-11-5-7(9)10(13)14/h1-5H,(H,11,12)(H,13,14). The summed E-state index contributed by atoms with van der Waals surface area (Å²) < 4.78 is 5.02. The van der Waals surface area contributed by atoms with Gasteiger partial charge in [0.2, 0.25) is 5.43 Å². The van der Waals surface area contributed by atoms with Gasteiger partial charge in [0, 0.05) is 12.4 Å². The number of rotatable bonds is 2. The first-order valence-corrected chi connectivity index (χ1v) is 4.18. The molecule has 15 heavy (non-hydrogen) atoms. The maximum absolute atomic E-state index is 11.6. The molecule has 5 nitrogen and oxygen atoms in total. The molecule has 2 rings (SSSR count). The van der Waals surface area contributed by atoms with E-state index in [-0.39, 0.29) is 11.1 Å². The summed E-state index contributed by atoms with van der Waals surface area (Å²) in [6.07, 6.45) is 3.98. The quantitative estimate of drug-likeness (QED) is 0.774. The van der Waals surface area contributed by atoms with Gasteiger partial charge in [-0.05, 0) is 12.1 Å². The molecule has 0 bridgehead atoms. The van der Waals surface area contributed by atoms with Crippen molar-refractivity contribution in [3.8, 4) is 11.3 Å². The van der Waals surface area contributed by atoms with E-state index >= 15 is 0 Å². The fraction of sp³-hybridized carbons (Fsp3) is 0. The average molecular weight is 205 g/mol. The third kappa shape index (κ3) is 1.54. The van der Waals surface area contributed by atoms with Crippen LogP contribution in [-0.4, -0.2) is 16.1 Å². The van der Waals surface area contributed by atoms with E-state index in [9.17, 15) is 9.59 Å². The smallest absolute Gasteiger partial charge is 0.341 e. The van der Waals surface area contributed by atoms with Crippen molar-refractivity contribution in [2.24, 2.45) is 0 Å². The summed E-state index contributed by atoms with van der Waals surface area (Å²) in [5.41, 5.74) is -0.653. The number of pyridine rings is 1. The predicted molar refractivity (Wildman–Crippen MR) is 51.7 cm³/mol. The van der Waals surface area contributed by atoms with Crippen LogP contribution < -0.4 is 5.43 Å². The van der Waals surface area contributed by atoms with Gasteiger partial charge in [-0.3, -0.25) is 4.79 Å². The van der Waals surface area contributed by atoms with Crippen molar-refractivity contribution in [3.05, 3.63) is 46.6 Å². The first-order valence-electron chi connectivity index (χ1n) is 4.18. The highest BCUT2D eigenvalue weighted by molar-refractivity contribution is 5.88. The zero-order valence-electron chi connectivity index (χ0n) is 7.56. The van der Waals surface area contributed by atoms with E-state index in [2.05, 4.69) is 4.98 Å². The van der Waals surface area contributed by atoms with E-state index in [1.807, 2.05) is 0 Å². The van der Waals surface area contributed by atoms with Gasteiger partial charge < -0.3 is 14.5 Å². The molecule has 0 aliphatic carbocycles. The number of carboxylic acid groups (broad SMARTS) is 1. The van der Waals surface area contributed by atoms with Crippen LogP contribution in [0, 0.1) is 0 Å². The molecule has 0 fully saturated rings. The highest BCUT2D eigenvalue weighted by Crippen LogP contribution is 2.14. The Bertz CT molecular complexity index is 539. The summed E-state index contributed by atoms with van der Waals surface area (Å²) in [7, 11) is 0. The second kappa shape index (κ2) is 3.45. The fourth-order valence-corrected chi connectivity index (χ4v) is 1.26. The minimum atomic E-state index is -1.26. The van der Waals surface area contributed by atoms with Gasteiger partial charge in [0.15, 0.2) is 0 Å². The number of aromatic nitrogens is 1. The molecule has 0 radical (unpaired) electrons. The Labute approximate surface area is 84.0 Å². The number of carbonyl (C=O) groups is 1. The Morgan fingerprint density at radius 2 is 2.20 bits per heavy atom. The van der Waals surface area contributed by atoms with E-state index in [0.29, 0.717) is 5.76 Å². The van der Waals surface area contributed by atoms with Crippen LogP contribution in [0.2, 0.25) is 0 Å².